The first-order valence-corrected chi connectivity index (χ1v) is 5.95. The Hall–Kier alpha value is -2.28. The number of fused-ring (bicyclic) bond motifs is 3. The number of hydrogen-bond donors (Lipinski definition) is 2. The van der Waals surface area contributed by atoms with E-state index in [1.807, 2.05) is 12.1 Å². The lowest BCUT2D eigenvalue weighted by Crippen LogP contribution is -2.21. The van der Waals surface area contributed by atoms with Crippen LogP contribution in [0.2, 0.25) is 0 Å². The molecule has 18 heavy (non-hydrogen) atoms. The molecule has 2 aromatic rings. The van der Waals surface area contributed by atoms with Gasteiger partial charge in [-0.1, -0.05) is 0 Å². The molecule has 1 aliphatic rings. The molecule has 1 aromatic carbocycles. The summed E-state index contributed by atoms with van der Waals surface area (Å²) < 4.78 is 0. The molecule has 0 bridgehead atoms. The monoisotopic (exact) mass is 240 g/mol. The molecule has 4 heteroatoms. The Morgan fingerprint density at radius 1 is 1.50 bits per heavy atom. The van der Waals surface area contributed by atoms with E-state index in [0.29, 0.717) is 18.4 Å². The molecule has 0 saturated carbocycles. The number of carboxylic acids is 1. The van der Waals surface area contributed by atoms with Crippen molar-refractivity contribution in [2.45, 2.75) is 19.3 Å². The number of benzene rings is 1. The van der Waals surface area contributed by atoms with Crippen LogP contribution in [-0.2, 0) is 17.6 Å². The van der Waals surface area contributed by atoms with E-state index in [0.717, 1.165) is 23.0 Å². The fraction of sp³-hybridized carbons (Fsp3) is 0.286. The Bertz CT molecular complexity index is 679. The second-order valence-electron chi connectivity index (χ2n) is 4.73. The van der Waals surface area contributed by atoms with Gasteiger partial charge in [0.2, 0.25) is 0 Å². The van der Waals surface area contributed by atoms with Crippen molar-refractivity contribution in [1.82, 2.24) is 4.98 Å². The van der Waals surface area contributed by atoms with Crippen molar-refractivity contribution < 1.29 is 9.90 Å². The molecule has 1 atom stereocenters. The lowest BCUT2D eigenvalue weighted by molar-refractivity contribution is -0.142. The van der Waals surface area contributed by atoms with E-state index in [4.69, 9.17) is 10.4 Å². The van der Waals surface area contributed by atoms with Gasteiger partial charge in [0.25, 0.3) is 0 Å². The highest BCUT2D eigenvalue weighted by atomic mass is 16.4. The van der Waals surface area contributed by atoms with Crippen molar-refractivity contribution >= 4 is 16.9 Å². The molecule has 0 radical (unpaired) electrons. The van der Waals surface area contributed by atoms with E-state index in [9.17, 15) is 4.79 Å². The SMILES string of the molecule is N#Cc1ccc2[nH]c3c(c2c1)CCC(C(=O)O)C3. The molecular formula is C14H12N2O2. The number of nitrogens with one attached hydrogen (secondary N) is 1. The fourth-order valence-electron chi connectivity index (χ4n) is 2.71. The summed E-state index contributed by atoms with van der Waals surface area (Å²) in [6.45, 7) is 0. The molecule has 0 spiro atoms. The second kappa shape index (κ2) is 3.88. The number of nitriles is 1. The first-order chi connectivity index (χ1) is 8.69. The minimum absolute atomic E-state index is 0.291. The normalized spacial score (nSPS) is 18.3. The minimum Gasteiger partial charge on any atom is -0.481 e. The van der Waals surface area contributed by atoms with Crippen LogP contribution in [0.5, 0.6) is 0 Å². The minimum atomic E-state index is -0.725. The van der Waals surface area contributed by atoms with Crippen molar-refractivity contribution in [2.75, 3.05) is 0 Å². The maximum atomic E-state index is 11.0. The molecule has 0 fully saturated rings. The fourth-order valence-corrected chi connectivity index (χ4v) is 2.71. The van der Waals surface area contributed by atoms with Crippen molar-refractivity contribution in [3.63, 3.8) is 0 Å². The average molecular weight is 240 g/mol. The summed E-state index contributed by atoms with van der Waals surface area (Å²) in [5.74, 6) is -1.02. The Morgan fingerprint density at radius 3 is 3.06 bits per heavy atom. The van der Waals surface area contributed by atoms with E-state index in [1.54, 1.807) is 6.07 Å². The molecule has 1 aliphatic carbocycles. The Kier molecular flexibility index (Phi) is 2.34. The molecule has 0 saturated heterocycles. The zero-order valence-corrected chi connectivity index (χ0v) is 9.73. The first-order valence-electron chi connectivity index (χ1n) is 5.95. The van der Waals surface area contributed by atoms with Crippen LogP contribution in [0.3, 0.4) is 0 Å². The van der Waals surface area contributed by atoms with Gasteiger partial charge in [-0.25, -0.2) is 0 Å². The molecule has 1 heterocycles. The van der Waals surface area contributed by atoms with Crippen LogP contribution in [-0.4, -0.2) is 16.1 Å². The van der Waals surface area contributed by atoms with Crippen LogP contribution in [0.1, 0.15) is 23.2 Å². The molecule has 1 aromatic heterocycles. The smallest absolute Gasteiger partial charge is 0.306 e. The zero-order valence-electron chi connectivity index (χ0n) is 9.73. The van der Waals surface area contributed by atoms with Gasteiger partial charge in [-0.15, -0.1) is 0 Å². The van der Waals surface area contributed by atoms with Gasteiger partial charge >= 0.3 is 5.97 Å². The summed E-state index contributed by atoms with van der Waals surface area (Å²) in [6.07, 6.45) is 1.99. The second-order valence-corrected chi connectivity index (χ2v) is 4.73. The van der Waals surface area contributed by atoms with E-state index >= 15 is 0 Å². The number of rotatable bonds is 1. The van der Waals surface area contributed by atoms with E-state index < -0.39 is 5.97 Å². The lowest BCUT2D eigenvalue weighted by Gasteiger charge is -2.18. The summed E-state index contributed by atoms with van der Waals surface area (Å²) >= 11 is 0. The summed E-state index contributed by atoms with van der Waals surface area (Å²) in [6, 6.07) is 7.68. The third kappa shape index (κ3) is 1.56. The summed E-state index contributed by atoms with van der Waals surface area (Å²) in [7, 11) is 0. The standard InChI is InChI=1S/C14H12N2O2/c15-7-8-1-4-12-11(5-8)10-3-2-9(14(17)18)6-13(10)16-12/h1,4-5,9,16H,2-3,6H2,(H,17,18). The number of aromatic amines is 1. The maximum Gasteiger partial charge on any atom is 0.306 e. The molecular weight excluding hydrogens is 228 g/mol. The molecule has 4 nitrogen and oxygen atoms in total. The van der Waals surface area contributed by atoms with Crippen molar-refractivity contribution in [3.8, 4) is 6.07 Å². The number of carboxylic acid groups (broad SMARTS) is 1. The molecule has 1 unspecified atom stereocenters. The highest BCUT2D eigenvalue weighted by molar-refractivity contribution is 5.86. The number of nitrogens with zero attached hydrogens (tertiary/aromatic N) is 1. The van der Waals surface area contributed by atoms with Gasteiger partial charge < -0.3 is 10.1 Å². The molecule has 0 amide bonds. The van der Waals surface area contributed by atoms with Gasteiger partial charge in [-0.2, -0.15) is 5.26 Å². The van der Waals surface area contributed by atoms with E-state index in [1.165, 1.54) is 5.56 Å². The zero-order chi connectivity index (χ0) is 12.7. The quantitative estimate of drug-likeness (QED) is 0.802. The van der Waals surface area contributed by atoms with Gasteiger partial charge in [0.1, 0.15) is 0 Å². The number of H-pyrrole nitrogens is 1. The van der Waals surface area contributed by atoms with Crippen LogP contribution in [0.25, 0.3) is 10.9 Å². The van der Waals surface area contributed by atoms with Gasteiger partial charge in [0.15, 0.2) is 0 Å². The number of aromatic nitrogens is 1. The van der Waals surface area contributed by atoms with Crippen molar-refractivity contribution in [3.05, 3.63) is 35.0 Å². The van der Waals surface area contributed by atoms with Crippen molar-refractivity contribution in [1.29, 1.82) is 5.26 Å². The van der Waals surface area contributed by atoms with Gasteiger partial charge in [-0.05, 0) is 36.6 Å². The molecule has 3 rings (SSSR count). The van der Waals surface area contributed by atoms with Crippen LogP contribution >= 0.6 is 0 Å². The molecule has 0 aliphatic heterocycles. The third-order valence-electron chi connectivity index (χ3n) is 3.67. The molecule has 2 N–H and O–H groups in total. The highest BCUT2D eigenvalue weighted by Gasteiger charge is 2.26. The Labute approximate surface area is 104 Å². The van der Waals surface area contributed by atoms with Crippen molar-refractivity contribution in [2.24, 2.45) is 5.92 Å². The van der Waals surface area contributed by atoms with Gasteiger partial charge in [0, 0.05) is 23.0 Å². The highest BCUT2D eigenvalue weighted by Crippen LogP contribution is 2.32. The lowest BCUT2D eigenvalue weighted by atomic mass is 9.87. The third-order valence-corrected chi connectivity index (χ3v) is 3.67. The number of hydrogen-bond acceptors (Lipinski definition) is 2. The number of aryl methyl sites for hydroxylation is 1. The summed E-state index contributed by atoms with van der Waals surface area (Å²) in [5.41, 5.74) is 3.83. The Balaban J connectivity index is 2.11. The van der Waals surface area contributed by atoms with Crippen LogP contribution < -0.4 is 0 Å². The first kappa shape index (κ1) is 10.8. The molecule has 90 valence electrons. The van der Waals surface area contributed by atoms with Gasteiger partial charge in [-0.3, -0.25) is 4.79 Å². The largest absolute Gasteiger partial charge is 0.481 e. The summed E-state index contributed by atoms with van der Waals surface area (Å²) in [4.78, 5) is 14.3. The van der Waals surface area contributed by atoms with Crippen LogP contribution in [0, 0.1) is 17.2 Å². The maximum absolute atomic E-state index is 11.0. The summed E-state index contributed by atoms with van der Waals surface area (Å²) in [5, 5.41) is 19.0. The van der Waals surface area contributed by atoms with E-state index in [-0.39, 0.29) is 5.92 Å². The number of aliphatic carboxylic acids is 1. The topological polar surface area (TPSA) is 76.9 Å². The predicted octanol–water partition coefficient (Wildman–Crippen LogP) is 2.23. The Morgan fingerprint density at radius 2 is 2.33 bits per heavy atom. The van der Waals surface area contributed by atoms with E-state index in [2.05, 4.69) is 11.1 Å². The van der Waals surface area contributed by atoms with Crippen LogP contribution in [0.4, 0.5) is 0 Å². The number of carbonyl (C=O) groups is 1. The van der Waals surface area contributed by atoms with Crippen LogP contribution in [0.15, 0.2) is 18.2 Å². The van der Waals surface area contributed by atoms with Gasteiger partial charge in [0.05, 0.1) is 17.6 Å². The predicted molar refractivity (Wildman–Crippen MR) is 66.2 cm³/mol. The average Bonchev–Trinajstić information content (AvgIpc) is 2.75.